The number of amides is 1. The van der Waals surface area contributed by atoms with Gasteiger partial charge in [-0.15, -0.1) is 13.2 Å². The van der Waals surface area contributed by atoms with Crippen molar-refractivity contribution in [3.8, 4) is 34.7 Å². The Morgan fingerprint density at radius 3 is 2.50 bits per heavy atom. The summed E-state index contributed by atoms with van der Waals surface area (Å²) in [5, 5.41) is 22.5. The highest BCUT2D eigenvalue weighted by atomic mass is 19.4. The predicted octanol–water partition coefficient (Wildman–Crippen LogP) is 3.75. The second kappa shape index (κ2) is 10.7. The van der Waals surface area contributed by atoms with Crippen LogP contribution in [0.15, 0.2) is 43.0 Å². The molecule has 0 spiro atoms. The SMILES string of the molecule is C=CC(=O)NCc1cc(-c2ccc(OC(F)(F)F)cc2)c(C)c(OC#CC)c1C(O)CO. The van der Waals surface area contributed by atoms with E-state index in [1.807, 2.05) is 0 Å². The Hall–Kier alpha value is -3.48. The number of benzene rings is 2. The molecular weight excluding hydrogens is 427 g/mol. The van der Waals surface area contributed by atoms with Crippen LogP contribution in [0.1, 0.15) is 29.7 Å². The van der Waals surface area contributed by atoms with Gasteiger partial charge in [-0.1, -0.05) is 24.6 Å². The van der Waals surface area contributed by atoms with E-state index in [1.54, 1.807) is 19.9 Å². The third kappa shape index (κ3) is 6.26. The van der Waals surface area contributed by atoms with Gasteiger partial charge in [0.05, 0.1) is 6.61 Å². The summed E-state index contributed by atoms with van der Waals surface area (Å²) in [5.74, 6) is 1.92. The fourth-order valence-corrected chi connectivity index (χ4v) is 3.06. The van der Waals surface area contributed by atoms with Crippen LogP contribution in [0.25, 0.3) is 11.1 Å². The Morgan fingerprint density at radius 1 is 1.31 bits per heavy atom. The number of ether oxygens (including phenoxy) is 2. The zero-order valence-corrected chi connectivity index (χ0v) is 17.4. The maximum Gasteiger partial charge on any atom is 0.573 e. The molecule has 170 valence electrons. The lowest BCUT2D eigenvalue weighted by atomic mass is 9.90. The van der Waals surface area contributed by atoms with Crippen molar-refractivity contribution >= 4 is 5.91 Å². The number of halogens is 3. The summed E-state index contributed by atoms with van der Waals surface area (Å²) in [5.41, 5.74) is 2.28. The largest absolute Gasteiger partial charge is 0.573 e. The summed E-state index contributed by atoms with van der Waals surface area (Å²) >= 11 is 0. The first-order valence-electron chi connectivity index (χ1n) is 9.41. The molecule has 0 saturated carbocycles. The quantitative estimate of drug-likeness (QED) is 0.422. The monoisotopic (exact) mass is 449 g/mol. The van der Waals surface area contributed by atoms with Crippen LogP contribution in [0.2, 0.25) is 0 Å². The van der Waals surface area contributed by atoms with Gasteiger partial charge in [-0.3, -0.25) is 4.79 Å². The molecule has 3 N–H and O–H groups in total. The van der Waals surface area contributed by atoms with E-state index in [0.717, 1.165) is 6.08 Å². The number of aliphatic hydroxyl groups excluding tert-OH is 2. The molecule has 6 nitrogen and oxygen atoms in total. The van der Waals surface area contributed by atoms with Crippen LogP contribution in [0.4, 0.5) is 13.2 Å². The van der Waals surface area contributed by atoms with Crippen LogP contribution >= 0.6 is 0 Å². The number of carbonyl (C=O) groups excluding carboxylic acids is 1. The minimum absolute atomic E-state index is 0.0320. The molecule has 0 fully saturated rings. The number of hydrogen-bond donors (Lipinski definition) is 3. The smallest absolute Gasteiger partial charge is 0.407 e. The lowest BCUT2D eigenvalue weighted by Gasteiger charge is -2.22. The van der Waals surface area contributed by atoms with Gasteiger partial charge in [0.15, 0.2) is 0 Å². The number of nitrogens with one attached hydrogen (secondary N) is 1. The van der Waals surface area contributed by atoms with Gasteiger partial charge < -0.3 is 25.0 Å². The van der Waals surface area contributed by atoms with Gasteiger partial charge in [0, 0.05) is 24.6 Å². The van der Waals surface area contributed by atoms with Crippen LogP contribution in [-0.4, -0.2) is 29.1 Å². The van der Waals surface area contributed by atoms with Crippen molar-refractivity contribution in [3.63, 3.8) is 0 Å². The van der Waals surface area contributed by atoms with E-state index in [9.17, 15) is 28.2 Å². The molecule has 0 aromatic heterocycles. The van der Waals surface area contributed by atoms with Gasteiger partial charge in [0.1, 0.15) is 23.7 Å². The van der Waals surface area contributed by atoms with Gasteiger partial charge in [0.2, 0.25) is 5.91 Å². The maximum absolute atomic E-state index is 12.4. The summed E-state index contributed by atoms with van der Waals surface area (Å²) in [6.07, 6.45) is -2.60. The lowest BCUT2D eigenvalue weighted by molar-refractivity contribution is -0.274. The summed E-state index contributed by atoms with van der Waals surface area (Å²) in [6.45, 7) is 5.97. The first kappa shape index (κ1) is 24.8. The first-order valence-corrected chi connectivity index (χ1v) is 9.41. The molecule has 0 heterocycles. The first-order chi connectivity index (χ1) is 15.1. The minimum Gasteiger partial charge on any atom is -0.407 e. The summed E-state index contributed by atoms with van der Waals surface area (Å²) in [6, 6.07) is 6.87. The molecule has 0 bridgehead atoms. The maximum atomic E-state index is 12.4. The highest BCUT2D eigenvalue weighted by molar-refractivity contribution is 5.87. The Kier molecular flexibility index (Phi) is 8.29. The van der Waals surface area contributed by atoms with Gasteiger partial charge in [-0.2, -0.15) is 0 Å². The van der Waals surface area contributed by atoms with E-state index in [-0.39, 0.29) is 23.6 Å². The van der Waals surface area contributed by atoms with Crippen LogP contribution in [0.3, 0.4) is 0 Å². The molecule has 2 aromatic carbocycles. The van der Waals surface area contributed by atoms with Crippen molar-refractivity contribution in [2.45, 2.75) is 32.9 Å². The van der Waals surface area contributed by atoms with Gasteiger partial charge >= 0.3 is 6.36 Å². The number of aliphatic hydroxyl groups is 2. The highest BCUT2D eigenvalue weighted by Crippen LogP contribution is 2.39. The summed E-state index contributed by atoms with van der Waals surface area (Å²) in [4.78, 5) is 11.7. The molecule has 0 aliphatic rings. The molecule has 2 rings (SSSR count). The molecule has 2 aromatic rings. The van der Waals surface area contributed by atoms with Crippen molar-refractivity contribution in [3.05, 3.63) is 59.7 Å². The number of carbonyl (C=O) groups is 1. The normalized spacial score (nSPS) is 11.7. The van der Waals surface area contributed by atoms with E-state index in [0.29, 0.717) is 22.3 Å². The van der Waals surface area contributed by atoms with E-state index in [1.165, 1.54) is 24.3 Å². The van der Waals surface area contributed by atoms with Crippen molar-refractivity contribution in [1.82, 2.24) is 5.32 Å². The Labute approximate surface area is 183 Å². The molecular formula is C23H22F3NO5. The third-order valence-electron chi connectivity index (χ3n) is 4.45. The van der Waals surface area contributed by atoms with Crippen LogP contribution < -0.4 is 14.8 Å². The third-order valence-corrected chi connectivity index (χ3v) is 4.45. The molecule has 0 aliphatic carbocycles. The average Bonchev–Trinajstić information content (AvgIpc) is 2.75. The molecule has 9 heteroatoms. The van der Waals surface area contributed by atoms with Crippen LogP contribution in [0.5, 0.6) is 11.5 Å². The van der Waals surface area contributed by atoms with Crippen molar-refractivity contribution < 1.29 is 37.7 Å². The second-order valence-electron chi connectivity index (χ2n) is 6.60. The average molecular weight is 449 g/mol. The van der Waals surface area contributed by atoms with Crippen LogP contribution in [-0.2, 0) is 11.3 Å². The Morgan fingerprint density at radius 2 is 1.97 bits per heavy atom. The molecule has 0 aliphatic heterocycles. The molecule has 0 radical (unpaired) electrons. The van der Waals surface area contributed by atoms with Crippen LogP contribution in [0, 0.1) is 19.0 Å². The van der Waals surface area contributed by atoms with E-state index in [4.69, 9.17) is 4.74 Å². The molecule has 1 unspecified atom stereocenters. The molecule has 1 amide bonds. The Balaban J connectivity index is 2.64. The molecule has 32 heavy (non-hydrogen) atoms. The summed E-state index contributed by atoms with van der Waals surface area (Å²) in [7, 11) is 0. The number of hydrogen-bond acceptors (Lipinski definition) is 5. The fraction of sp³-hybridized carbons (Fsp3) is 0.261. The van der Waals surface area contributed by atoms with E-state index < -0.39 is 25.0 Å². The van der Waals surface area contributed by atoms with Gasteiger partial charge in [0.25, 0.3) is 0 Å². The molecule has 0 saturated heterocycles. The minimum atomic E-state index is -4.81. The van der Waals surface area contributed by atoms with Crippen molar-refractivity contribution in [2.24, 2.45) is 0 Å². The summed E-state index contributed by atoms with van der Waals surface area (Å²) < 4.78 is 46.8. The highest BCUT2D eigenvalue weighted by Gasteiger charge is 2.31. The zero-order valence-electron chi connectivity index (χ0n) is 17.4. The predicted molar refractivity (Wildman–Crippen MR) is 111 cm³/mol. The number of rotatable bonds is 8. The lowest BCUT2D eigenvalue weighted by Crippen LogP contribution is -2.22. The van der Waals surface area contributed by atoms with Gasteiger partial charge in [-0.05, 0) is 47.9 Å². The van der Waals surface area contributed by atoms with E-state index in [2.05, 4.69) is 28.7 Å². The standard InChI is InChI=1S/C23H22F3NO5/c1-4-10-31-22-14(3)18(15-6-8-17(9-7-15)32-23(24,25)26)11-16(12-27-20(30)5-2)21(22)19(29)13-28/h5-9,11,19,28-29H,2,12-13H2,1,3H3,(H,27,30). The fourth-order valence-electron chi connectivity index (χ4n) is 3.06. The number of alkyl halides is 3. The second-order valence-corrected chi connectivity index (χ2v) is 6.60. The van der Waals surface area contributed by atoms with Crippen molar-refractivity contribution in [2.75, 3.05) is 6.61 Å². The topological polar surface area (TPSA) is 88.0 Å². The molecule has 1 atom stereocenters. The van der Waals surface area contributed by atoms with Crippen molar-refractivity contribution in [1.29, 1.82) is 0 Å². The van der Waals surface area contributed by atoms with E-state index >= 15 is 0 Å². The van der Waals surface area contributed by atoms with Gasteiger partial charge in [-0.25, -0.2) is 0 Å². The zero-order chi connectivity index (χ0) is 23.9. The Bertz CT molecular complexity index is 1040.